The van der Waals surface area contributed by atoms with Crippen molar-refractivity contribution in [3.63, 3.8) is 0 Å². The van der Waals surface area contributed by atoms with Gasteiger partial charge in [-0.05, 0) is 23.9 Å². The Balaban J connectivity index is 2.84. The maximum atomic E-state index is 14.3. The number of aromatic nitrogens is 3. The number of benzene rings is 1. The molecule has 21 heavy (non-hydrogen) atoms. The molecule has 0 amide bonds. The third-order valence-corrected chi connectivity index (χ3v) is 4.14. The largest absolute Gasteiger partial charge is 0.225 e. The van der Waals surface area contributed by atoms with Crippen LogP contribution < -0.4 is 0 Å². The molecular weight excluding hydrogens is 303 g/mol. The van der Waals surface area contributed by atoms with Gasteiger partial charge in [-0.1, -0.05) is 20.8 Å². The highest BCUT2D eigenvalue weighted by molar-refractivity contribution is 6.28. The first-order chi connectivity index (χ1) is 9.59. The fourth-order valence-electron chi connectivity index (χ4n) is 2.33. The first-order valence-corrected chi connectivity index (χ1v) is 6.68. The molecule has 1 atom stereocenters. The van der Waals surface area contributed by atoms with Gasteiger partial charge in [-0.2, -0.15) is 5.10 Å². The van der Waals surface area contributed by atoms with Crippen molar-refractivity contribution in [1.82, 2.24) is 14.8 Å². The Morgan fingerprint density at radius 3 is 1.95 bits per heavy atom. The maximum absolute atomic E-state index is 14.3. The third kappa shape index (κ3) is 2.41. The zero-order valence-corrected chi connectivity index (χ0v) is 12.8. The van der Waals surface area contributed by atoms with Crippen LogP contribution in [-0.2, 0) is 5.54 Å². The van der Waals surface area contributed by atoms with Crippen LogP contribution in [0.3, 0.4) is 0 Å². The molecule has 0 aliphatic rings. The highest BCUT2D eigenvalue weighted by atomic mass is 35.5. The summed E-state index contributed by atoms with van der Waals surface area (Å²) in [6, 6.07) is 1.29. The number of halogens is 4. The minimum Gasteiger partial charge on any atom is -0.225 e. The SMILES string of the molecule is CC(C)(C)C(C)(c1c(F)cc(F)cc1F)n1ncnc1Cl. The molecular formula is C14H15ClF3N3. The second-order valence-electron chi connectivity index (χ2n) is 6.01. The van der Waals surface area contributed by atoms with Crippen LogP contribution >= 0.6 is 11.6 Å². The number of rotatable bonds is 2. The molecule has 0 radical (unpaired) electrons. The van der Waals surface area contributed by atoms with Crippen LogP contribution in [0, 0.1) is 22.9 Å². The van der Waals surface area contributed by atoms with E-state index in [9.17, 15) is 13.2 Å². The minimum atomic E-state index is -1.29. The third-order valence-electron chi connectivity index (χ3n) is 3.88. The second-order valence-corrected chi connectivity index (χ2v) is 6.35. The van der Waals surface area contributed by atoms with Crippen molar-refractivity contribution >= 4 is 11.6 Å². The number of nitrogens with zero attached hydrogens (tertiary/aromatic N) is 3. The lowest BCUT2D eigenvalue weighted by Crippen LogP contribution is -2.46. The van der Waals surface area contributed by atoms with Gasteiger partial charge in [0.1, 0.15) is 23.8 Å². The van der Waals surface area contributed by atoms with Crippen molar-refractivity contribution in [3.05, 3.63) is 46.8 Å². The number of hydrogen-bond acceptors (Lipinski definition) is 2. The second kappa shape index (κ2) is 5.02. The molecule has 2 rings (SSSR count). The summed E-state index contributed by atoms with van der Waals surface area (Å²) in [4.78, 5) is 3.80. The first kappa shape index (κ1) is 15.8. The summed E-state index contributed by atoms with van der Waals surface area (Å²) >= 11 is 5.99. The van der Waals surface area contributed by atoms with Gasteiger partial charge in [-0.15, -0.1) is 0 Å². The van der Waals surface area contributed by atoms with Crippen LogP contribution in [0.1, 0.15) is 33.3 Å². The Morgan fingerprint density at radius 1 is 1.05 bits per heavy atom. The summed E-state index contributed by atoms with van der Waals surface area (Å²) < 4.78 is 43.0. The molecule has 0 saturated carbocycles. The van der Waals surface area contributed by atoms with E-state index in [0.717, 1.165) is 0 Å². The minimum absolute atomic E-state index is 0.00412. The van der Waals surface area contributed by atoms with Crippen molar-refractivity contribution in [1.29, 1.82) is 0 Å². The van der Waals surface area contributed by atoms with Gasteiger partial charge in [-0.3, -0.25) is 0 Å². The highest BCUT2D eigenvalue weighted by Gasteiger charge is 2.46. The molecule has 1 aromatic carbocycles. The lowest BCUT2D eigenvalue weighted by molar-refractivity contribution is 0.137. The fourth-order valence-corrected chi connectivity index (χ4v) is 2.59. The van der Waals surface area contributed by atoms with Crippen molar-refractivity contribution in [2.45, 2.75) is 33.2 Å². The van der Waals surface area contributed by atoms with Crippen molar-refractivity contribution in [2.75, 3.05) is 0 Å². The molecule has 0 bridgehead atoms. The molecule has 7 heteroatoms. The lowest BCUT2D eigenvalue weighted by Gasteiger charge is -2.42. The lowest BCUT2D eigenvalue weighted by atomic mass is 9.70. The molecule has 1 heterocycles. The van der Waals surface area contributed by atoms with Crippen molar-refractivity contribution < 1.29 is 13.2 Å². The average molecular weight is 318 g/mol. The van der Waals surface area contributed by atoms with Gasteiger partial charge in [-0.25, -0.2) is 22.8 Å². The smallest absolute Gasteiger partial charge is 0.221 e. The molecule has 0 aliphatic heterocycles. The van der Waals surface area contributed by atoms with Gasteiger partial charge in [0.25, 0.3) is 0 Å². The van der Waals surface area contributed by atoms with Gasteiger partial charge >= 0.3 is 0 Å². The maximum Gasteiger partial charge on any atom is 0.221 e. The van der Waals surface area contributed by atoms with Gasteiger partial charge < -0.3 is 0 Å². The Kier molecular flexibility index (Phi) is 3.78. The van der Waals surface area contributed by atoms with E-state index in [1.165, 1.54) is 11.0 Å². The van der Waals surface area contributed by atoms with Crippen LogP contribution in [-0.4, -0.2) is 14.8 Å². The highest BCUT2D eigenvalue weighted by Crippen LogP contribution is 2.45. The Morgan fingerprint density at radius 2 is 1.57 bits per heavy atom. The van der Waals surface area contributed by atoms with Gasteiger partial charge in [0.2, 0.25) is 5.28 Å². The van der Waals surface area contributed by atoms with Crippen LogP contribution in [0.2, 0.25) is 5.28 Å². The predicted molar refractivity (Wildman–Crippen MR) is 73.6 cm³/mol. The summed E-state index contributed by atoms with van der Waals surface area (Å²) in [5, 5.41) is 3.98. The van der Waals surface area contributed by atoms with E-state index in [4.69, 9.17) is 11.6 Å². The fraction of sp³-hybridized carbons (Fsp3) is 0.429. The molecule has 0 aliphatic carbocycles. The quantitative estimate of drug-likeness (QED) is 0.832. The van der Waals surface area contributed by atoms with Crippen molar-refractivity contribution in [2.24, 2.45) is 5.41 Å². The van der Waals surface area contributed by atoms with E-state index in [1.54, 1.807) is 27.7 Å². The Hall–Kier alpha value is -1.56. The molecule has 2 aromatic rings. The van der Waals surface area contributed by atoms with Crippen LogP contribution in [0.5, 0.6) is 0 Å². The molecule has 0 spiro atoms. The summed E-state index contributed by atoms with van der Waals surface area (Å²) in [6.45, 7) is 6.95. The summed E-state index contributed by atoms with van der Waals surface area (Å²) in [7, 11) is 0. The van der Waals surface area contributed by atoms with E-state index in [0.29, 0.717) is 12.1 Å². The zero-order valence-electron chi connectivity index (χ0n) is 12.1. The topological polar surface area (TPSA) is 30.7 Å². The van der Waals surface area contributed by atoms with E-state index in [2.05, 4.69) is 10.1 Å². The van der Waals surface area contributed by atoms with E-state index in [-0.39, 0.29) is 10.8 Å². The van der Waals surface area contributed by atoms with Gasteiger partial charge in [0.15, 0.2) is 0 Å². The summed E-state index contributed by atoms with van der Waals surface area (Å²) in [5.74, 6) is -2.96. The molecule has 114 valence electrons. The molecule has 1 unspecified atom stereocenters. The zero-order chi connectivity index (χ0) is 16.0. The van der Waals surface area contributed by atoms with E-state index in [1.807, 2.05) is 0 Å². The van der Waals surface area contributed by atoms with Gasteiger partial charge in [0, 0.05) is 12.1 Å². The molecule has 0 fully saturated rings. The average Bonchev–Trinajstić information content (AvgIpc) is 2.72. The Bertz CT molecular complexity index is 655. The van der Waals surface area contributed by atoms with Crippen LogP contribution in [0.25, 0.3) is 0 Å². The number of hydrogen-bond donors (Lipinski definition) is 0. The molecule has 0 saturated heterocycles. The van der Waals surface area contributed by atoms with Crippen LogP contribution in [0.4, 0.5) is 13.2 Å². The summed E-state index contributed by atoms with van der Waals surface area (Å²) in [5.41, 5.74) is -2.27. The van der Waals surface area contributed by atoms with Crippen molar-refractivity contribution in [3.8, 4) is 0 Å². The first-order valence-electron chi connectivity index (χ1n) is 6.30. The monoisotopic (exact) mass is 317 g/mol. The normalized spacial score (nSPS) is 15.0. The molecule has 3 nitrogen and oxygen atoms in total. The predicted octanol–water partition coefficient (Wildman–Crippen LogP) is 4.16. The molecule has 1 aromatic heterocycles. The van der Waals surface area contributed by atoms with E-state index >= 15 is 0 Å². The Labute approximate surface area is 125 Å². The van der Waals surface area contributed by atoms with Crippen LogP contribution in [0.15, 0.2) is 18.5 Å². The molecule has 0 N–H and O–H groups in total. The summed E-state index contributed by atoms with van der Waals surface area (Å²) in [6.07, 6.45) is 1.20. The van der Waals surface area contributed by atoms with E-state index < -0.39 is 28.4 Å². The van der Waals surface area contributed by atoms with Gasteiger partial charge in [0.05, 0.1) is 11.1 Å². The standard InChI is InChI=1S/C14H15ClF3N3/c1-13(2,3)14(4,21-12(15)19-7-20-21)11-9(17)5-8(16)6-10(11)18/h5-7H,1-4H3.